The van der Waals surface area contributed by atoms with Crippen LogP contribution < -0.4 is 15.4 Å². The maximum Gasteiger partial charge on any atom is 0.262 e. The SMILES string of the molecule is CN(C)c1ccc(-c2c3c(nc4nc(N5CCCCC5)[nH]c(=O)c24)CCCC3=O)cc1. The zero-order chi connectivity index (χ0) is 21.5. The van der Waals surface area contributed by atoms with Crippen molar-refractivity contribution in [3.8, 4) is 11.1 Å². The number of H-pyrrole nitrogens is 1. The van der Waals surface area contributed by atoms with Gasteiger partial charge >= 0.3 is 0 Å². The number of aromatic nitrogens is 3. The largest absolute Gasteiger partial charge is 0.378 e. The molecule has 1 aromatic carbocycles. The first kappa shape index (κ1) is 19.7. The summed E-state index contributed by atoms with van der Waals surface area (Å²) in [4.78, 5) is 42.9. The number of hydrogen-bond acceptors (Lipinski definition) is 6. The molecule has 3 aromatic rings. The third kappa shape index (κ3) is 3.48. The molecule has 160 valence electrons. The maximum atomic E-state index is 13.3. The molecule has 7 nitrogen and oxygen atoms in total. The van der Waals surface area contributed by atoms with Crippen molar-refractivity contribution < 1.29 is 4.79 Å². The number of aromatic amines is 1. The summed E-state index contributed by atoms with van der Waals surface area (Å²) in [5.74, 6) is 0.641. The molecule has 0 bridgehead atoms. The van der Waals surface area contributed by atoms with Gasteiger partial charge in [0.05, 0.1) is 11.1 Å². The molecule has 5 rings (SSSR count). The molecule has 0 spiro atoms. The fourth-order valence-electron chi connectivity index (χ4n) is 4.70. The van der Waals surface area contributed by atoms with Crippen LogP contribution in [-0.4, -0.2) is 47.9 Å². The van der Waals surface area contributed by atoms with Gasteiger partial charge in [-0.15, -0.1) is 0 Å². The summed E-state index contributed by atoms with van der Waals surface area (Å²) >= 11 is 0. The van der Waals surface area contributed by atoms with Crippen molar-refractivity contribution in [2.75, 3.05) is 37.0 Å². The van der Waals surface area contributed by atoms with Gasteiger partial charge < -0.3 is 9.80 Å². The van der Waals surface area contributed by atoms with Crippen LogP contribution in [0.1, 0.15) is 48.2 Å². The summed E-state index contributed by atoms with van der Waals surface area (Å²) in [6, 6.07) is 7.96. The molecule has 1 aliphatic heterocycles. The third-order valence-corrected chi connectivity index (χ3v) is 6.34. The third-order valence-electron chi connectivity index (χ3n) is 6.34. The summed E-state index contributed by atoms with van der Waals surface area (Å²) in [6.45, 7) is 1.77. The Hall–Kier alpha value is -3.22. The lowest BCUT2D eigenvalue weighted by Crippen LogP contribution is -2.32. The number of hydrogen-bond donors (Lipinski definition) is 1. The quantitative estimate of drug-likeness (QED) is 0.702. The van der Waals surface area contributed by atoms with Crippen molar-refractivity contribution in [2.45, 2.75) is 38.5 Å². The van der Waals surface area contributed by atoms with Crippen molar-refractivity contribution in [3.05, 3.63) is 45.9 Å². The van der Waals surface area contributed by atoms with E-state index >= 15 is 0 Å². The molecular weight excluding hydrogens is 390 g/mol. The molecule has 31 heavy (non-hydrogen) atoms. The van der Waals surface area contributed by atoms with Gasteiger partial charge in [-0.3, -0.25) is 14.6 Å². The van der Waals surface area contributed by atoms with Crippen molar-refractivity contribution in [2.24, 2.45) is 0 Å². The minimum Gasteiger partial charge on any atom is -0.378 e. The number of pyridine rings is 1. The van der Waals surface area contributed by atoms with E-state index < -0.39 is 0 Å². The van der Waals surface area contributed by atoms with Crippen LogP contribution in [0.15, 0.2) is 29.1 Å². The number of ketones is 1. The van der Waals surface area contributed by atoms with E-state index in [9.17, 15) is 9.59 Å². The van der Waals surface area contributed by atoms with Crippen LogP contribution in [0.3, 0.4) is 0 Å². The number of anilines is 2. The number of aryl methyl sites for hydroxylation is 1. The van der Waals surface area contributed by atoms with E-state index in [1.807, 2.05) is 43.3 Å². The monoisotopic (exact) mass is 417 g/mol. The van der Waals surface area contributed by atoms with Crippen molar-refractivity contribution in [1.29, 1.82) is 0 Å². The van der Waals surface area contributed by atoms with Gasteiger partial charge in [-0.2, -0.15) is 4.98 Å². The molecule has 0 unspecified atom stereocenters. The fraction of sp³-hybridized carbons (Fsp3) is 0.417. The maximum absolute atomic E-state index is 13.3. The van der Waals surface area contributed by atoms with Crippen molar-refractivity contribution in [1.82, 2.24) is 15.0 Å². The lowest BCUT2D eigenvalue weighted by Gasteiger charge is -2.27. The van der Waals surface area contributed by atoms with E-state index in [0.717, 1.165) is 55.7 Å². The van der Waals surface area contributed by atoms with Crippen LogP contribution in [0.25, 0.3) is 22.2 Å². The van der Waals surface area contributed by atoms with Crippen LogP contribution in [0, 0.1) is 0 Å². The predicted molar refractivity (Wildman–Crippen MR) is 123 cm³/mol. The van der Waals surface area contributed by atoms with Crippen LogP contribution >= 0.6 is 0 Å². The number of fused-ring (bicyclic) bond motifs is 2. The first-order valence-electron chi connectivity index (χ1n) is 11.1. The number of nitrogens with zero attached hydrogens (tertiary/aromatic N) is 4. The highest BCUT2D eigenvalue weighted by Crippen LogP contribution is 2.35. The summed E-state index contributed by atoms with van der Waals surface area (Å²) in [6.07, 6.45) is 5.39. The Bertz CT molecular complexity index is 1210. The number of benzene rings is 1. The van der Waals surface area contributed by atoms with Gasteiger partial charge in [0.25, 0.3) is 5.56 Å². The lowest BCUT2D eigenvalue weighted by molar-refractivity contribution is 0.0972. The molecule has 1 fully saturated rings. The molecule has 3 heterocycles. The van der Waals surface area contributed by atoms with Gasteiger partial charge in [-0.05, 0) is 49.8 Å². The zero-order valence-electron chi connectivity index (χ0n) is 18.1. The summed E-state index contributed by atoms with van der Waals surface area (Å²) in [5.41, 5.74) is 4.14. The van der Waals surface area contributed by atoms with Gasteiger partial charge in [-0.25, -0.2) is 4.98 Å². The summed E-state index contributed by atoms with van der Waals surface area (Å²) < 4.78 is 0. The van der Waals surface area contributed by atoms with Crippen molar-refractivity contribution >= 4 is 28.5 Å². The average Bonchev–Trinajstić information content (AvgIpc) is 2.78. The molecule has 2 aromatic heterocycles. The molecule has 0 saturated carbocycles. The molecular formula is C24H27N5O2. The average molecular weight is 418 g/mol. The van der Waals surface area contributed by atoms with Gasteiger partial charge in [0.1, 0.15) is 0 Å². The molecule has 7 heteroatoms. The van der Waals surface area contributed by atoms with Gasteiger partial charge in [-0.1, -0.05) is 12.1 Å². The number of Topliss-reactive ketones (excluding diaryl/α,β-unsaturated/α-hetero) is 1. The summed E-state index contributed by atoms with van der Waals surface area (Å²) in [7, 11) is 3.97. The molecule has 1 N–H and O–H groups in total. The molecule has 2 aliphatic rings. The zero-order valence-corrected chi connectivity index (χ0v) is 18.1. The molecule has 1 aliphatic carbocycles. The normalized spacial score (nSPS) is 16.5. The van der Waals surface area contributed by atoms with E-state index in [1.54, 1.807) is 0 Å². The first-order valence-corrected chi connectivity index (χ1v) is 11.1. The Morgan fingerprint density at radius 2 is 1.65 bits per heavy atom. The van der Waals surface area contributed by atoms with Crippen LogP contribution in [-0.2, 0) is 6.42 Å². The Morgan fingerprint density at radius 3 is 2.35 bits per heavy atom. The Morgan fingerprint density at radius 1 is 0.903 bits per heavy atom. The molecule has 0 atom stereocenters. The first-order chi connectivity index (χ1) is 15.0. The Kier molecular flexibility index (Phi) is 4.96. The minimum absolute atomic E-state index is 0.0573. The second kappa shape index (κ2) is 7.80. The van der Waals surface area contributed by atoms with Gasteiger partial charge in [0.2, 0.25) is 5.95 Å². The highest BCUT2D eigenvalue weighted by Gasteiger charge is 2.28. The van der Waals surface area contributed by atoms with E-state index in [4.69, 9.17) is 9.97 Å². The molecule has 0 radical (unpaired) electrons. The number of piperidine rings is 1. The van der Waals surface area contributed by atoms with Crippen molar-refractivity contribution in [3.63, 3.8) is 0 Å². The topological polar surface area (TPSA) is 82.2 Å². The van der Waals surface area contributed by atoms with Crippen LogP contribution in [0.4, 0.5) is 11.6 Å². The minimum atomic E-state index is -0.231. The van der Waals surface area contributed by atoms with Gasteiger partial charge in [0, 0.05) is 50.4 Å². The number of rotatable bonds is 3. The second-order valence-corrected chi connectivity index (χ2v) is 8.66. The van der Waals surface area contributed by atoms with E-state index in [-0.39, 0.29) is 11.3 Å². The van der Waals surface area contributed by atoms with E-state index in [0.29, 0.717) is 34.5 Å². The number of carbonyl (C=O) groups excluding carboxylic acids is 1. The van der Waals surface area contributed by atoms with Crippen LogP contribution in [0.2, 0.25) is 0 Å². The predicted octanol–water partition coefficient (Wildman–Crippen LogP) is 3.56. The Labute approximate surface area is 181 Å². The Balaban J connectivity index is 1.76. The van der Waals surface area contributed by atoms with Crippen LogP contribution in [0.5, 0.6) is 0 Å². The highest BCUT2D eigenvalue weighted by atomic mass is 16.1. The summed E-state index contributed by atoms with van der Waals surface area (Å²) in [5, 5.41) is 0.410. The highest BCUT2D eigenvalue weighted by molar-refractivity contribution is 6.10. The second-order valence-electron chi connectivity index (χ2n) is 8.66. The standard InChI is InChI=1S/C24H27N5O2/c1-28(2)16-11-9-15(10-12-16)19-20-17(7-6-8-18(20)30)25-22-21(19)23(31)27-24(26-22)29-13-4-3-5-14-29/h9-12H,3-8,13-14H2,1-2H3,(H,25,26,27,31). The number of nitrogens with one attached hydrogen (secondary N) is 1. The van der Waals surface area contributed by atoms with E-state index in [2.05, 4.69) is 9.88 Å². The molecule has 0 amide bonds. The smallest absolute Gasteiger partial charge is 0.262 e. The fourth-order valence-corrected chi connectivity index (χ4v) is 4.70. The lowest BCUT2D eigenvalue weighted by atomic mass is 9.86. The van der Waals surface area contributed by atoms with E-state index in [1.165, 1.54) is 6.42 Å². The molecule has 1 saturated heterocycles. The number of carbonyl (C=O) groups is 1. The van der Waals surface area contributed by atoms with Gasteiger partial charge in [0.15, 0.2) is 11.4 Å².